The van der Waals surface area contributed by atoms with Crippen LogP contribution in [0.25, 0.3) is 0 Å². The number of Topliss-reactive ketones (excluding diaryl/α,β-unsaturated/α-hetero) is 1. The molecule has 28 nitrogen and oxygen atoms in total. The summed E-state index contributed by atoms with van der Waals surface area (Å²) in [5.41, 5.74) is -5.15. The first-order chi connectivity index (χ1) is 45.8. The lowest BCUT2D eigenvalue weighted by atomic mass is 9.49. The Labute approximate surface area is 564 Å². The molecule has 7 fully saturated rings. The molecule has 29 unspecified atom stereocenters. The van der Waals surface area contributed by atoms with Gasteiger partial charge in [0, 0.05) is 75.0 Å². The smallest absolute Gasteiger partial charge is 0.407 e. The Morgan fingerprint density at radius 2 is 1.39 bits per heavy atom. The molecule has 28 heteroatoms. The summed E-state index contributed by atoms with van der Waals surface area (Å²) in [6.45, 7) is 19.8. The number of amides is 1. The third-order valence-corrected chi connectivity index (χ3v) is 22.0. The van der Waals surface area contributed by atoms with Crippen molar-refractivity contribution >= 4 is 36.1 Å². The molecule has 6 aliphatic heterocycles. The van der Waals surface area contributed by atoms with Gasteiger partial charge in [0.2, 0.25) is 11.3 Å². The topological polar surface area (TPSA) is 368 Å². The van der Waals surface area contributed by atoms with Crippen molar-refractivity contribution in [2.45, 2.75) is 281 Å². The minimum atomic E-state index is -2.24. The lowest BCUT2D eigenvalue weighted by molar-refractivity contribution is -0.584. The number of fused-ring (bicyclic) bond motifs is 4. The molecule has 1 saturated carbocycles. The second-order valence-electron chi connectivity index (χ2n) is 28.8. The number of nitro groups is 1. The number of allylic oxidation sites excluding steroid dienone is 3. The van der Waals surface area contributed by atoms with Crippen molar-refractivity contribution < 1.29 is 120 Å². The molecule has 1 spiro atoms. The Bertz CT molecular complexity index is 3100. The summed E-state index contributed by atoms with van der Waals surface area (Å²) in [4.78, 5) is 93.3. The van der Waals surface area contributed by atoms with Crippen LogP contribution in [0.2, 0.25) is 0 Å². The van der Waals surface area contributed by atoms with Crippen LogP contribution in [0.15, 0.2) is 58.4 Å². The molecule has 97 heavy (non-hydrogen) atoms. The van der Waals surface area contributed by atoms with Crippen LogP contribution >= 0.6 is 0 Å². The Hall–Kier alpha value is -5.60. The Kier molecular flexibility index (Phi) is 22.9. The molecule has 0 aromatic heterocycles. The van der Waals surface area contributed by atoms with Gasteiger partial charge in [0.25, 0.3) is 0 Å². The van der Waals surface area contributed by atoms with Crippen molar-refractivity contribution in [2.75, 3.05) is 13.7 Å². The monoisotopic (exact) mass is 1370 g/mol. The third kappa shape index (κ3) is 15.1. The zero-order valence-electron chi connectivity index (χ0n) is 57.5. The van der Waals surface area contributed by atoms with Crippen LogP contribution in [0.5, 0.6) is 0 Å². The molecule has 1 amide bonds. The number of rotatable bonds is 16. The number of nitrogens with one attached hydrogen (secondary N) is 1. The van der Waals surface area contributed by atoms with Gasteiger partial charge in [-0.25, -0.2) is 9.59 Å². The molecule has 4 aliphatic carbocycles. The molecule has 5 N–H and O–H groups in total. The number of carbonyl (C=O) groups is 6. The number of esters is 3. The number of aldehydes is 1. The summed E-state index contributed by atoms with van der Waals surface area (Å²) in [5, 5.41) is 62.2. The predicted octanol–water partition coefficient (Wildman–Crippen LogP) is 5.90. The van der Waals surface area contributed by atoms with E-state index in [2.05, 4.69) is 5.32 Å². The Morgan fingerprint density at radius 1 is 0.732 bits per heavy atom. The summed E-state index contributed by atoms with van der Waals surface area (Å²) in [5.74, 6) is -7.72. The summed E-state index contributed by atoms with van der Waals surface area (Å²) in [6.07, 6.45) is -6.61. The van der Waals surface area contributed by atoms with Crippen LogP contribution in [0.3, 0.4) is 0 Å². The van der Waals surface area contributed by atoms with Gasteiger partial charge in [-0.05, 0) is 102 Å². The first-order valence-electron chi connectivity index (χ1n) is 34.1. The maximum absolute atomic E-state index is 15.6. The number of carbonyl (C=O) groups excluding carboxylic acids is 6. The maximum Gasteiger partial charge on any atom is 0.407 e. The molecule has 2 bridgehead atoms. The molecule has 0 aromatic carbocycles. The largest absolute Gasteiger partial charge is 0.511 e. The first kappa shape index (κ1) is 74.1. The Morgan fingerprint density at radius 3 is 2.05 bits per heavy atom. The molecule has 6 saturated heterocycles. The van der Waals surface area contributed by atoms with E-state index in [9.17, 15) is 54.5 Å². The normalized spacial score (nSPS) is 46.6. The lowest BCUT2D eigenvalue weighted by Gasteiger charge is -2.57. The molecule has 0 aromatic rings. The highest BCUT2D eigenvalue weighted by molar-refractivity contribution is 6.26. The number of alkyl carbamates (subject to hydrolysis) is 1. The van der Waals surface area contributed by atoms with Gasteiger partial charge in [-0.1, -0.05) is 50.6 Å². The number of methoxy groups -OCH3 is 1. The van der Waals surface area contributed by atoms with Crippen LogP contribution in [-0.2, 0) is 90.3 Å². The molecule has 540 valence electrons. The standard InChI is InChI=1S/C69H98N2O26/c1-31-14-18-48(91-56-28-67(11,71(82)83)62(38(8)89-56)70-66(81)84-13)32(2)23-44-46(76)24-41(29-72)27-69(44)64(79)57(65(80)97-69)63(78)68(12)43(31)16-15-42-58(68)33(3)22-34(4)59(42)96-55-26-50(61(90-40(10)74)51(94-55)30-85-39(9)73)93-52-21-19-49(36(6)87-52)92-54-25-47(77)60(37(7)88-54)95-53-20-17-45(75)35(5)86-53/h14-16,23-24,29,33-38,42-56,58-62,75-78H,17-22,25-28,30H2,1-13H3,(H,70,81)/b31-14+,32-23+,63-57-. The second kappa shape index (κ2) is 29.9. The van der Waals surface area contributed by atoms with Gasteiger partial charge in [-0.2, -0.15) is 0 Å². The van der Waals surface area contributed by atoms with E-state index >= 15 is 4.79 Å². The van der Waals surface area contributed by atoms with Crippen molar-refractivity contribution in [1.82, 2.24) is 5.32 Å². The molecular weight excluding hydrogens is 1270 g/mol. The minimum absolute atomic E-state index is 0.0235. The summed E-state index contributed by atoms with van der Waals surface area (Å²) in [7, 11) is 1.14. The molecule has 10 rings (SSSR count). The van der Waals surface area contributed by atoms with Crippen LogP contribution in [-0.4, -0.2) is 209 Å². The average Bonchev–Trinajstić information content (AvgIpc) is 1.68. The highest BCUT2D eigenvalue weighted by atomic mass is 16.8. The quantitative estimate of drug-likeness (QED) is 0.0228. The number of hydrogen-bond acceptors (Lipinski definition) is 26. The number of hydrogen-bond donors (Lipinski definition) is 5. The molecule has 29 atom stereocenters. The van der Waals surface area contributed by atoms with Crippen LogP contribution in [0.4, 0.5) is 4.79 Å². The van der Waals surface area contributed by atoms with Gasteiger partial charge in [-0.15, -0.1) is 0 Å². The fourth-order valence-electron chi connectivity index (χ4n) is 17.1. The van der Waals surface area contributed by atoms with Gasteiger partial charge < -0.3 is 92.1 Å². The van der Waals surface area contributed by atoms with E-state index in [1.807, 2.05) is 45.9 Å². The van der Waals surface area contributed by atoms with Gasteiger partial charge in [0.05, 0.1) is 80.5 Å². The van der Waals surface area contributed by atoms with E-state index in [1.165, 1.54) is 32.9 Å². The number of ether oxygens (including phenoxy) is 14. The van der Waals surface area contributed by atoms with Crippen molar-refractivity contribution in [1.29, 1.82) is 0 Å². The van der Waals surface area contributed by atoms with E-state index in [0.29, 0.717) is 49.5 Å². The predicted molar refractivity (Wildman–Crippen MR) is 336 cm³/mol. The SMILES string of the molecule is COC(=O)NC1C(C)OC(OC2C/C=C(\C)C3C=CC4C(OC5CC(OC6CCC(OC7CC(O)C(OC8CCC(O)C(C)O8)C(C)O7)C(C)O6)C(OC(C)=O)C(COC(C)=O)O5)C(C)CC(C)C4C3(C)/C(O)=C3/C(=O)OC4(CC(C=O)=CC(O)C4/C=C/2C)C3=O)CC1(C)[N+](=O)[O-]. The van der Waals surface area contributed by atoms with Crippen molar-refractivity contribution in [3.05, 3.63) is 68.5 Å². The van der Waals surface area contributed by atoms with Crippen LogP contribution in [0, 0.1) is 51.0 Å². The van der Waals surface area contributed by atoms with E-state index in [-0.39, 0.29) is 49.7 Å². The zero-order chi connectivity index (χ0) is 70.5. The zero-order valence-corrected chi connectivity index (χ0v) is 57.5. The summed E-state index contributed by atoms with van der Waals surface area (Å²) in [6, 6.07) is -1.14. The van der Waals surface area contributed by atoms with Gasteiger partial charge in [-0.3, -0.25) is 29.3 Å². The number of aliphatic hydroxyl groups excluding tert-OH is 4. The molecule has 0 radical (unpaired) electrons. The van der Waals surface area contributed by atoms with Gasteiger partial charge in [0.1, 0.15) is 48.6 Å². The minimum Gasteiger partial charge on any atom is -0.511 e. The van der Waals surface area contributed by atoms with E-state index in [0.717, 1.165) is 7.11 Å². The van der Waals surface area contributed by atoms with E-state index in [4.69, 9.17) is 66.3 Å². The van der Waals surface area contributed by atoms with E-state index < -0.39 is 216 Å². The van der Waals surface area contributed by atoms with Crippen molar-refractivity contribution in [3.8, 4) is 0 Å². The van der Waals surface area contributed by atoms with E-state index in [1.54, 1.807) is 34.6 Å². The average molecular weight is 1370 g/mol. The summed E-state index contributed by atoms with van der Waals surface area (Å²) >= 11 is 0. The van der Waals surface area contributed by atoms with Crippen molar-refractivity contribution in [3.63, 3.8) is 0 Å². The van der Waals surface area contributed by atoms with Crippen molar-refractivity contribution in [2.24, 2.45) is 40.9 Å². The molecular formula is C69H98N2O26. The molecule has 10 aliphatic rings. The molecule has 6 heterocycles. The summed E-state index contributed by atoms with van der Waals surface area (Å²) < 4.78 is 87.2. The maximum atomic E-state index is 15.6. The highest BCUT2D eigenvalue weighted by Gasteiger charge is 2.65. The Balaban J connectivity index is 0.931. The number of nitrogens with zero attached hydrogens (tertiary/aromatic N) is 1. The van der Waals surface area contributed by atoms with Gasteiger partial charge >= 0.3 is 24.0 Å². The lowest BCUT2D eigenvalue weighted by Crippen LogP contribution is -2.65. The first-order valence-corrected chi connectivity index (χ1v) is 34.1. The van der Waals surface area contributed by atoms with Crippen LogP contribution in [0.1, 0.15) is 147 Å². The second-order valence-corrected chi connectivity index (χ2v) is 28.8. The number of ketones is 1. The number of aliphatic hydroxyl groups is 4. The third-order valence-electron chi connectivity index (χ3n) is 22.0. The fourth-order valence-corrected chi connectivity index (χ4v) is 17.1. The fraction of sp³-hybridized carbons (Fsp3) is 0.768. The highest BCUT2D eigenvalue weighted by Crippen LogP contribution is 2.61. The van der Waals surface area contributed by atoms with Crippen LogP contribution < -0.4 is 5.32 Å². The van der Waals surface area contributed by atoms with Gasteiger partial charge in [0.15, 0.2) is 43.2 Å².